The standard InChI is InChI=1S/C27H29N3O7/c1-29(2)19-12-7-5-6-8-13(12)21(31)17-14(19)9-11-10-15-20(30(3)4)23(33)18(26(28)36)25(35)27(15,37)24(34)16(11)22(17)32/h5-8,11,15,20,31-32,35,37H,9-10H2,1-4H3,(H2,28,36)/t11?,15-,20-,27-/m0/s1. The molecule has 10 nitrogen and oxygen atoms in total. The highest BCUT2D eigenvalue weighted by Crippen LogP contribution is 2.55. The van der Waals surface area contributed by atoms with Crippen molar-refractivity contribution in [3.8, 4) is 5.75 Å². The number of nitrogens with zero attached hydrogens (tertiary/aromatic N) is 2. The molecule has 5 rings (SSSR count). The van der Waals surface area contributed by atoms with Crippen molar-refractivity contribution in [2.24, 2.45) is 17.6 Å². The number of carbonyl (C=O) groups excluding carboxylic acids is 3. The van der Waals surface area contributed by atoms with E-state index >= 15 is 0 Å². The van der Waals surface area contributed by atoms with Crippen LogP contribution in [0.5, 0.6) is 5.75 Å². The van der Waals surface area contributed by atoms with Gasteiger partial charge >= 0.3 is 0 Å². The van der Waals surface area contributed by atoms with Gasteiger partial charge in [0.2, 0.25) is 5.78 Å². The topological polar surface area (TPSA) is 165 Å². The van der Waals surface area contributed by atoms with Gasteiger partial charge in [-0.15, -0.1) is 0 Å². The first-order chi connectivity index (χ1) is 17.3. The molecule has 1 fully saturated rings. The molecular formula is C27H29N3O7. The van der Waals surface area contributed by atoms with E-state index in [1.54, 1.807) is 26.2 Å². The Bertz CT molecular complexity index is 1470. The highest BCUT2D eigenvalue weighted by Gasteiger charge is 2.64. The average molecular weight is 508 g/mol. The van der Waals surface area contributed by atoms with Gasteiger partial charge in [-0.3, -0.25) is 19.3 Å². The van der Waals surface area contributed by atoms with Gasteiger partial charge in [0.25, 0.3) is 5.91 Å². The molecule has 0 aliphatic heterocycles. The van der Waals surface area contributed by atoms with Crippen molar-refractivity contribution in [3.63, 3.8) is 0 Å². The Hall–Kier alpha value is -3.89. The maximum atomic E-state index is 13.9. The molecule has 10 heteroatoms. The summed E-state index contributed by atoms with van der Waals surface area (Å²) in [6, 6.07) is 6.04. The van der Waals surface area contributed by atoms with Crippen molar-refractivity contribution in [2.75, 3.05) is 33.1 Å². The molecule has 0 aromatic heterocycles. The monoisotopic (exact) mass is 507 g/mol. The molecular weight excluding hydrogens is 478 g/mol. The van der Waals surface area contributed by atoms with Gasteiger partial charge in [0.15, 0.2) is 11.4 Å². The Morgan fingerprint density at radius 3 is 2.24 bits per heavy atom. The van der Waals surface area contributed by atoms with E-state index in [9.17, 15) is 34.8 Å². The van der Waals surface area contributed by atoms with E-state index in [1.165, 1.54) is 4.90 Å². The molecule has 2 aromatic carbocycles. The van der Waals surface area contributed by atoms with Gasteiger partial charge in [0.1, 0.15) is 22.8 Å². The molecule has 4 atom stereocenters. The summed E-state index contributed by atoms with van der Waals surface area (Å²) >= 11 is 0. The van der Waals surface area contributed by atoms with Gasteiger partial charge in [-0.1, -0.05) is 24.3 Å². The first-order valence-corrected chi connectivity index (χ1v) is 11.9. The smallest absolute Gasteiger partial charge is 0.255 e. The van der Waals surface area contributed by atoms with Crippen LogP contribution in [0.2, 0.25) is 0 Å². The second kappa shape index (κ2) is 8.06. The SMILES string of the molecule is CN(C)c1c2c(c(O)c3ccccc13)C(O)=C1C(=O)[C@]3(O)C(O)=C(C(N)=O)C(=O)[C@@H](N(C)C)[C@@H]3CC1C2. The first-order valence-electron chi connectivity index (χ1n) is 11.9. The van der Waals surface area contributed by atoms with Crippen LogP contribution in [0, 0.1) is 11.8 Å². The van der Waals surface area contributed by atoms with E-state index in [4.69, 9.17) is 5.73 Å². The third kappa shape index (κ3) is 3.09. The van der Waals surface area contributed by atoms with Crippen molar-refractivity contribution in [1.29, 1.82) is 0 Å². The molecule has 0 saturated heterocycles. The predicted octanol–water partition coefficient (Wildman–Crippen LogP) is 1.18. The van der Waals surface area contributed by atoms with E-state index in [2.05, 4.69) is 0 Å². The maximum Gasteiger partial charge on any atom is 0.255 e. The Morgan fingerprint density at radius 1 is 1.05 bits per heavy atom. The van der Waals surface area contributed by atoms with Crippen LogP contribution in [0.15, 0.2) is 41.2 Å². The van der Waals surface area contributed by atoms with Crippen LogP contribution < -0.4 is 10.6 Å². The van der Waals surface area contributed by atoms with Crippen LogP contribution in [0.1, 0.15) is 17.5 Å². The molecule has 2 aromatic rings. The summed E-state index contributed by atoms with van der Waals surface area (Å²) in [5, 5.41) is 46.6. The quantitative estimate of drug-likeness (QED) is 0.384. The maximum absolute atomic E-state index is 13.9. The van der Waals surface area contributed by atoms with E-state index in [1.807, 2.05) is 31.1 Å². The zero-order valence-electron chi connectivity index (χ0n) is 20.9. The zero-order chi connectivity index (χ0) is 27.1. The van der Waals surface area contributed by atoms with Gasteiger partial charge in [0.05, 0.1) is 11.6 Å². The number of rotatable bonds is 3. The fourth-order valence-electron chi connectivity index (χ4n) is 6.55. The van der Waals surface area contributed by atoms with Gasteiger partial charge in [-0.05, 0) is 38.4 Å². The minimum absolute atomic E-state index is 0.0478. The third-order valence-electron chi connectivity index (χ3n) is 8.02. The Kier molecular flexibility index (Phi) is 5.40. The fourth-order valence-corrected chi connectivity index (χ4v) is 6.55. The summed E-state index contributed by atoms with van der Waals surface area (Å²) in [5.74, 6) is -6.59. The van der Waals surface area contributed by atoms with Crippen molar-refractivity contribution < 1.29 is 34.8 Å². The lowest BCUT2D eigenvalue weighted by molar-refractivity contribution is -0.153. The lowest BCUT2D eigenvalue weighted by Gasteiger charge is -2.50. The third-order valence-corrected chi connectivity index (χ3v) is 8.02. The highest BCUT2D eigenvalue weighted by atomic mass is 16.3. The number of ketones is 2. The van der Waals surface area contributed by atoms with Gasteiger partial charge in [0, 0.05) is 42.0 Å². The molecule has 3 aliphatic carbocycles. The van der Waals surface area contributed by atoms with E-state index in [0.29, 0.717) is 10.9 Å². The van der Waals surface area contributed by atoms with Crippen molar-refractivity contribution in [2.45, 2.75) is 24.5 Å². The summed E-state index contributed by atoms with van der Waals surface area (Å²) in [6.45, 7) is 0. The van der Waals surface area contributed by atoms with Crippen LogP contribution in [0.3, 0.4) is 0 Å². The number of carbonyl (C=O) groups is 3. The second-order valence-corrected chi connectivity index (χ2v) is 10.5. The number of primary amides is 1. The molecule has 0 spiro atoms. The lowest BCUT2D eigenvalue weighted by atomic mass is 9.57. The number of phenols is 1. The van der Waals surface area contributed by atoms with Crippen molar-refractivity contribution >= 4 is 39.7 Å². The largest absolute Gasteiger partial charge is 0.508 e. The summed E-state index contributed by atoms with van der Waals surface area (Å²) < 4.78 is 0. The Balaban J connectivity index is 1.81. The van der Waals surface area contributed by atoms with Crippen LogP contribution in [-0.4, -0.2) is 82.6 Å². The Labute approximate surface area is 212 Å². The number of benzene rings is 2. The second-order valence-electron chi connectivity index (χ2n) is 10.5. The number of aromatic hydroxyl groups is 1. The number of Topliss-reactive ketones (excluding diaryl/α,β-unsaturated/α-hetero) is 2. The normalized spacial score (nSPS) is 27.4. The number of nitrogens with two attached hydrogens (primary N) is 1. The molecule has 0 heterocycles. The first kappa shape index (κ1) is 24.8. The van der Waals surface area contributed by atoms with E-state index < -0.39 is 58.0 Å². The summed E-state index contributed by atoms with van der Waals surface area (Å²) in [7, 11) is 6.83. The van der Waals surface area contributed by atoms with Gasteiger partial charge in [-0.25, -0.2) is 0 Å². The fraction of sp³-hybridized carbons (Fsp3) is 0.370. The predicted molar refractivity (Wildman–Crippen MR) is 136 cm³/mol. The van der Waals surface area contributed by atoms with Gasteiger partial charge in [-0.2, -0.15) is 0 Å². The number of hydrogen-bond acceptors (Lipinski definition) is 9. The number of likely N-dealkylation sites (N-methyl/N-ethyl adjacent to an activating group) is 1. The van der Waals surface area contributed by atoms with Crippen LogP contribution >= 0.6 is 0 Å². The minimum Gasteiger partial charge on any atom is -0.508 e. The number of hydrogen-bond donors (Lipinski definition) is 5. The number of fused-ring (bicyclic) bond motifs is 4. The summed E-state index contributed by atoms with van der Waals surface area (Å²) in [5.41, 5.74) is 3.20. The zero-order valence-corrected chi connectivity index (χ0v) is 20.9. The average Bonchev–Trinajstić information content (AvgIpc) is 2.81. The molecule has 37 heavy (non-hydrogen) atoms. The molecule has 0 radical (unpaired) electrons. The number of anilines is 1. The molecule has 1 amide bonds. The van der Waals surface area contributed by atoms with Crippen molar-refractivity contribution in [1.82, 2.24) is 4.90 Å². The van der Waals surface area contributed by atoms with Crippen LogP contribution in [0.25, 0.3) is 16.5 Å². The van der Waals surface area contributed by atoms with Crippen LogP contribution in [-0.2, 0) is 20.8 Å². The summed E-state index contributed by atoms with van der Waals surface area (Å²) in [6.07, 6.45) is 0.284. The van der Waals surface area contributed by atoms with E-state index in [0.717, 1.165) is 11.1 Å². The summed E-state index contributed by atoms with van der Waals surface area (Å²) in [4.78, 5) is 42.6. The molecule has 6 N–H and O–H groups in total. The molecule has 1 unspecified atom stereocenters. The highest BCUT2D eigenvalue weighted by molar-refractivity contribution is 6.24. The molecule has 3 aliphatic rings. The van der Waals surface area contributed by atoms with E-state index in [-0.39, 0.29) is 29.7 Å². The molecule has 1 saturated carbocycles. The number of aliphatic hydroxyl groups is 3. The molecule has 194 valence electrons. The Morgan fingerprint density at radius 2 is 1.68 bits per heavy atom. The number of aliphatic hydroxyl groups excluding tert-OH is 2. The lowest BCUT2D eigenvalue weighted by Crippen LogP contribution is -2.65. The van der Waals surface area contributed by atoms with Crippen LogP contribution in [0.4, 0.5) is 5.69 Å². The number of phenolic OH excluding ortho intramolecular Hbond substituents is 1. The van der Waals surface area contributed by atoms with Crippen molar-refractivity contribution in [3.05, 3.63) is 52.3 Å². The minimum atomic E-state index is -2.65. The van der Waals surface area contributed by atoms with Gasteiger partial charge < -0.3 is 31.1 Å². The number of amides is 1. The molecule has 0 bridgehead atoms.